The average Bonchev–Trinajstić information content (AvgIpc) is 3.41. The van der Waals surface area contributed by atoms with Gasteiger partial charge in [0.2, 0.25) is 15.9 Å². The number of carbonyl (C=O) groups excluding carboxylic acids is 1. The molecule has 3 aromatic rings. The quantitative estimate of drug-likeness (QED) is 0.420. The molecule has 1 aliphatic heterocycles. The minimum atomic E-state index is -3.66. The molecule has 1 aliphatic rings. The smallest absolute Gasteiger partial charge is 0.244 e. The molecule has 0 bridgehead atoms. The van der Waals surface area contributed by atoms with Gasteiger partial charge in [0, 0.05) is 32.3 Å². The Morgan fingerprint density at radius 1 is 0.943 bits per heavy atom. The van der Waals surface area contributed by atoms with Crippen LogP contribution in [0.3, 0.4) is 0 Å². The molecule has 1 fully saturated rings. The molecular formula is C26H29N3O5S. The number of amides is 1. The number of rotatable bonds is 10. The van der Waals surface area contributed by atoms with Gasteiger partial charge in [-0.3, -0.25) is 9.69 Å². The van der Waals surface area contributed by atoms with Gasteiger partial charge in [0.15, 0.2) is 0 Å². The molecule has 2 heterocycles. The van der Waals surface area contributed by atoms with Gasteiger partial charge < -0.3 is 14.5 Å². The van der Waals surface area contributed by atoms with Gasteiger partial charge in [0.05, 0.1) is 30.9 Å². The molecule has 0 aliphatic carbocycles. The molecule has 4 rings (SSSR count). The third-order valence-electron chi connectivity index (χ3n) is 5.63. The summed E-state index contributed by atoms with van der Waals surface area (Å²) in [5.41, 5.74) is 2.98. The van der Waals surface area contributed by atoms with Gasteiger partial charge in [-0.2, -0.15) is 0 Å². The van der Waals surface area contributed by atoms with Crippen LogP contribution < -0.4 is 10.0 Å². The Balaban J connectivity index is 1.23. The minimum absolute atomic E-state index is 0.0771. The predicted molar refractivity (Wildman–Crippen MR) is 133 cm³/mol. The number of furan rings is 1. The van der Waals surface area contributed by atoms with Crippen molar-refractivity contribution < 1.29 is 22.4 Å². The topological polar surface area (TPSA) is 101 Å². The Bertz CT molecular complexity index is 1220. The van der Waals surface area contributed by atoms with Crippen molar-refractivity contribution in [1.82, 2.24) is 14.9 Å². The average molecular weight is 496 g/mol. The number of hydrogen-bond donors (Lipinski definition) is 2. The number of benzene rings is 2. The van der Waals surface area contributed by atoms with Crippen molar-refractivity contribution >= 4 is 22.0 Å². The van der Waals surface area contributed by atoms with E-state index in [4.69, 9.17) is 9.15 Å². The van der Waals surface area contributed by atoms with Gasteiger partial charge in [-0.1, -0.05) is 36.4 Å². The molecule has 1 saturated heterocycles. The van der Waals surface area contributed by atoms with Crippen LogP contribution in [0.2, 0.25) is 0 Å². The third kappa shape index (κ3) is 7.63. The van der Waals surface area contributed by atoms with Gasteiger partial charge in [0.1, 0.15) is 5.76 Å². The zero-order valence-corrected chi connectivity index (χ0v) is 20.2. The molecular weight excluding hydrogens is 466 g/mol. The van der Waals surface area contributed by atoms with E-state index < -0.39 is 10.0 Å². The summed E-state index contributed by atoms with van der Waals surface area (Å²) in [6.07, 6.45) is 4.57. The van der Waals surface area contributed by atoms with E-state index in [1.165, 1.54) is 30.0 Å². The summed E-state index contributed by atoms with van der Waals surface area (Å²) >= 11 is 0. The van der Waals surface area contributed by atoms with Crippen LogP contribution in [-0.4, -0.2) is 45.5 Å². The summed E-state index contributed by atoms with van der Waals surface area (Å²) in [7, 11) is -3.66. The van der Waals surface area contributed by atoms with Gasteiger partial charge in [-0.05, 0) is 47.0 Å². The zero-order valence-electron chi connectivity index (χ0n) is 19.4. The van der Waals surface area contributed by atoms with Gasteiger partial charge in [-0.15, -0.1) is 0 Å². The van der Waals surface area contributed by atoms with Crippen LogP contribution >= 0.6 is 0 Å². The van der Waals surface area contributed by atoms with Crippen LogP contribution in [0.4, 0.5) is 0 Å². The summed E-state index contributed by atoms with van der Waals surface area (Å²) in [6, 6.07) is 17.9. The Hall–Kier alpha value is -3.24. The van der Waals surface area contributed by atoms with Crippen LogP contribution in [0.25, 0.3) is 6.08 Å². The van der Waals surface area contributed by atoms with E-state index in [1.807, 2.05) is 12.1 Å². The number of ether oxygens (including phenoxy) is 1. The molecule has 0 spiro atoms. The summed E-state index contributed by atoms with van der Waals surface area (Å²) in [5, 5.41) is 2.87. The molecule has 2 aromatic carbocycles. The zero-order chi connectivity index (χ0) is 24.5. The molecule has 9 heteroatoms. The van der Waals surface area contributed by atoms with Crippen LogP contribution in [-0.2, 0) is 39.2 Å². The molecule has 0 saturated carbocycles. The summed E-state index contributed by atoms with van der Waals surface area (Å²) in [6.45, 7) is 4.87. The monoisotopic (exact) mass is 495 g/mol. The largest absolute Gasteiger partial charge is 0.468 e. The summed E-state index contributed by atoms with van der Waals surface area (Å²) in [4.78, 5) is 14.7. The second-order valence-corrected chi connectivity index (χ2v) is 10.00. The predicted octanol–water partition coefficient (Wildman–Crippen LogP) is 2.92. The fourth-order valence-electron chi connectivity index (χ4n) is 3.62. The first kappa shape index (κ1) is 24.9. The first-order valence-corrected chi connectivity index (χ1v) is 12.9. The number of nitrogens with zero attached hydrogens (tertiary/aromatic N) is 1. The SMILES string of the molecule is O=C(/C=C/c1ccc(S(=O)(=O)NCc2ccco2)cc1)NCc1ccc(CN2CCOCC2)cc1. The highest BCUT2D eigenvalue weighted by Crippen LogP contribution is 2.13. The number of sulfonamides is 1. The lowest BCUT2D eigenvalue weighted by molar-refractivity contribution is -0.116. The number of morpholine rings is 1. The first-order chi connectivity index (χ1) is 17.0. The van der Waals surface area contributed by atoms with E-state index in [9.17, 15) is 13.2 Å². The Morgan fingerprint density at radius 3 is 2.34 bits per heavy atom. The maximum atomic E-state index is 12.4. The van der Waals surface area contributed by atoms with Crippen molar-refractivity contribution in [1.29, 1.82) is 0 Å². The van der Waals surface area contributed by atoms with E-state index in [1.54, 1.807) is 30.3 Å². The molecule has 1 aromatic heterocycles. The second-order valence-electron chi connectivity index (χ2n) is 8.23. The molecule has 35 heavy (non-hydrogen) atoms. The molecule has 184 valence electrons. The van der Waals surface area contributed by atoms with Crippen molar-refractivity contribution in [3.8, 4) is 0 Å². The van der Waals surface area contributed by atoms with Crippen LogP contribution in [0.5, 0.6) is 0 Å². The number of nitrogens with one attached hydrogen (secondary N) is 2. The van der Waals surface area contributed by atoms with Crippen molar-refractivity contribution in [2.45, 2.75) is 24.5 Å². The first-order valence-electron chi connectivity index (χ1n) is 11.4. The normalized spacial score (nSPS) is 14.9. The fourth-order valence-corrected chi connectivity index (χ4v) is 4.61. The fraction of sp³-hybridized carbons (Fsp3) is 0.269. The van der Waals surface area contributed by atoms with Gasteiger partial charge in [-0.25, -0.2) is 13.1 Å². The summed E-state index contributed by atoms with van der Waals surface area (Å²) in [5.74, 6) is 0.308. The standard InChI is InChI=1S/C26H29N3O5S/c30-26(27-18-22-3-5-23(6-4-22)20-29-13-16-33-17-14-29)12-9-21-7-10-25(11-8-21)35(31,32)28-19-24-2-1-15-34-24/h1-12,15,28H,13-14,16-20H2,(H,27,30)/b12-9+. The van der Waals surface area contributed by atoms with E-state index in [0.29, 0.717) is 12.3 Å². The Morgan fingerprint density at radius 2 is 1.66 bits per heavy atom. The van der Waals surface area contributed by atoms with Crippen molar-refractivity contribution in [3.05, 3.63) is 95.5 Å². The Labute approximate surface area is 205 Å². The molecule has 0 atom stereocenters. The minimum Gasteiger partial charge on any atom is -0.468 e. The van der Waals surface area contributed by atoms with Crippen molar-refractivity contribution in [3.63, 3.8) is 0 Å². The lowest BCUT2D eigenvalue weighted by Gasteiger charge is -2.26. The molecule has 2 N–H and O–H groups in total. The highest BCUT2D eigenvalue weighted by atomic mass is 32.2. The van der Waals surface area contributed by atoms with Crippen LogP contribution in [0, 0.1) is 0 Å². The third-order valence-corrected chi connectivity index (χ3v) is 7.05. The van der Waals surface area contributed by atoms with E-state index in [0.717, 1.165) is 44.0 Å². The van der Waals surface area contributed by atoms with Crippen molar-refractivity contribution in [2.24, 2.45) is 0 Å². The van der Waals surface area contributed by atoms with Crippen molar-refractivity contribution in [2.75, 3.05) is 26.3 Å². The van der Waals surface area contributed by atoms with E-state index in [-0.39, 0.29) is 17.3 Å². The maximum absolute atomic E-state index is 12.4. The van der Waals surface area contributed by atoms with Crippen LogP contribution in [0.15, 0.2) is 82.3 Å². The number of hydrogen-bond acceptors (Lipinski definition) is 6. The highest BCUT2D eigenvalue weighted by molar-refractivity contribution is 7.89. The maximum Gasteiger partial charge on any atom is 0.244 e. The second kappa shape index (κ2) is 11.9. The molecule has 1 amide bonds. The highest BCUT2D eigenvalue weighted by Gasteiger charge is 2.14. The van der Waals surface area contributed by atoms with Crippen LogP contribution in [0.1, 0.15) is 22.5 Å². The van der Waals surface area contributed by atoms with Gasteiger partial charge in [0.25, 0.3) is 0 Å². The molecule has 0 radical (unpaired) electrons. The Kier molecular flexibility index (Phi) is 8.49. The van der Waals surface area contributed by atoms with E-state index in [2.05, 4.69) is 27.1 Å². The molecule has 0 unspecified atom stereocenters. The molecule has 8 nitrogen and oxygen atoms in total. The lowest BCUT2D eigenvalue weighted by Crippen LogP contribution is -2.35. The van der Waals surface area contributed by atoms with Gasteiger partial charge >= 0.3 is 0 Å². The lowest BCUT2D eigenvalue weighted by atomic mass is 10.1. The van der Waals surface area contributed by atoms with E-state index >= 15 is 0 Å². The number of carbonyl (C=O) groups is 1. The summed E-state index contributed by atoms with van der Waals surface area (Å²) < 4.78 is 37.8.